The lowest BCUT2D eigenvalue weighted by Crippen LogP contribution is -2.34. The van der Waals surface area contributed by atoms with Crippen molar-refractivity contribution in [1.29, 1.82) is 0 Å². The first-order chi connectivity index (χ1) is 18.1. The molecule has 0 radical (unpaired) electrons. The number of likely N-dealkylation sites (tertiary alicyclic amines) is 1. The minimum Gasteiger partial charge on any atom is -0.396 e. The third-order valence-electron chi connectivity index (χ3n) is 6.86. The number of hydrogen-bond donors (Lipinski definition) is 2. The van der Waals surface area contributed by atoms with Gasteiger partial charge in [-0.15, -0.1) is 0 Å². The molecule has 3 heterocycles. The first kappa shape index (κ1) is 25.0. The molecule has 2 N–H and O–H groups in total. The lowest BCUT2D eigenvalue weighted by atomic mass is 9.97. The minimum atomic E-state index is -0.645. The average Bonchev–Trinajstić information content (AvgIpc) is 3.59. The van der Waals surface area contributed by atoms with Gasteiger partial charge in [-0.05, 0) is 80.7 Å². The van der Waals surface area contributed by atoms with E-state index in [9.17, 15) is 10.2 Å². The molecule has 1 aliphatic rings. The molecular weight excluding hydrogens is 464 g/mol. The number of piperidine rings is 1. The number of imidazole rings is 1. The highest BCUT2D eigenvalue weighted by molar-refractivity contribution is 5.59. The molecule has 0 amide bonds. The van der Waals surface area contributed by atoms with Gasteiger partial charge in [0.1, 0.15) is 17.6 Å². The molecule has 0 unspecified atom stereocenters. The number of aliphatic hydroxyl groups excluding tert-OH is 2. The Kier molecular flexibility index (Phi) is 7.81. The van der Waals surface area contributed by atoms with Gasteiger partial charge in [0.25, 0.3) is 0 Å². The summed E-state index contributed by atoms with van der Waals surface area (Å²) in [7, 11) is 0. The van der Waals surface area contributed by atoms with Crippen LogP contribution < -0.4 is 0 Å². The average molecular weight is 497 g/mol. The van der Waals surface area contributed by atoms with Gasteiger partial charge in [0, 0.05) is 48.3 Å². The Bertz CT molecular complexity index is 1350. The number of rotatable bonds is 7. The van der Waals surface area contributed by atoms with Gasteiger partial charge in [-0.3, -0.25) is 4.90 Å². The topological polar surface area (TPSA) is 87.6 Å². The van der Waals surface area contributed by atoms with Crippen LogP contribution in [0.15, 0.2) is 71.5 Å². The molecule has 0 bridgehead atoms. The van der Waals surface area contributed by atoms with E-state index in [0.717, 1.165) is 54.9 Å². The SMILES string of the molecule is C[C@H](O)c1nccn1Cc1cc(-c2ccc(C#Cc3ccc(CN4CCC(CO)CC4)cc3)cc2)on1. The molecule has 1 fully saturated rings. The summed E-state index contributed by atoms with van der Waals surface area (Å²) >= 11 is 0. The zero-order chi connectivity index (χ0) is 25.6. The lowest BCUT2D eigenvalue weighted by molar-refractivity contribution is 0.127. The highest BCUT2D eigenvalue weighted by atomic mass is 16.5. The fraction of sp³-hybridized carbons (Fsp3) is 0.333. The molecule has 7 nitrogen and oxygen atoms in total. The summed E-state index contributed by atoms with van der Waals surface area (Å²) in [6.45, 7) is 5.52. The molecule has 190 valence electrons. The highest BCUT2D eigenvalue weighted by Gasteiger charge is 2.18. The summed E-state index contributed by atoms with van der Waals surface area (Å²) in [6, 6.07) is 18.3. The lowest BCUT2D eigenvalue weighted by Gasteiger charge is -2.31. The maximum Gasteiger partial charge on any atom is 0.167 e. The van der Waals surface area contributed by atoms with Crippen LogP contribution in [0.1, 0.15) is 54.1 Å². The van der Waals surface area contributed by atoms with E-state index in [1.807, 2.05) is 41.1 Å². The van der Waals surface area contributed by atoms with Gasteiger partial charge in [0.05, 0.1) is 6.54 Å². The van der Waals surface area contributed by atoms with E-state index in [1.54, 1.807) is 13.1 Å². The van der Waals surface area contributed by atoms with Crippen LogP contribution in [0.25, 0.3) is 11.3 Å². The summed E-state index contributed by atoms with van der Waals surface area (Å²) in [5.41, 5.74) is 4.90. The number of aromatic nitrogens is 3. The quantitative estimate of drug-likeness (QED) is 0.372. The summed E-state index contributed by atoms with van der Waals surface area (Å²) < 4.78 is 7.41. The summed E-state index contributed by atoms with van der Waals surface area (Å²) in [6.07, 6.45) is 4.99. The predicted molar refractivity (Wildman–Crippen MR) is 141 cm³/mol. The largest absolute Gasteiger partial charge is 0.396 e. The highest BCUT2D eigenvalue weighted by Crippen LogP contribution is 2.22. The molecule has 1 atom stereocenters. The molecule has 37 heavy (non-hydrogen) atoms. The molecule has 0 aliphatic carbocycles. The Labute approximate surface area is 217 Å². The number of aliphatic hydroxyl groups is 2. The van der Waals surface area contributed by atoms with Crippen LogP contribution in [-0.2, 0) is 13.1 Å². The molecule has 5 rings (SSSR count). The molecule has 4 aromatic rings. The first-order valence-electron chi connectivity index (χ1n) is 12.8. The van der Waals surface area contributed by atoms with Gasteiger partial charge in [-0.1, -0.05) is 29.1 Å². The second-order valence-electron chi connectivity index (χ2n) is 9.70. The molecule has 1 aliphatic heterocycles. The third kappa shape index (κ3) is 6.36. The Hall–Kier alpha value is -3.70. The molecule has 2 aromatic heterocycles. The summed E-state index contributed by atoms with van der Waals surface area (Å²) in [5.74, 6) is 8.24. The van der Waals surface area contributed by atoms with Gasteiger partial charge < -0.3 is 19.3 Å². The fourth-order valence-electron chi connectivity index (χ4n) is 4.66. The molecule has 1 saturated heterocycles. The second-order valence-corrected chi connectivity index (χ2v) is 9.70. The van der Waals surface area contributed by atoms with E-state index < -0.39 is 6.10 Å². The maximum absolute atomic E-state index is 9.84. The van der Waals surface area contributed by atoms with Crippen molar-refractivity contribution in [3.05, 3.63) is 95.2 Å². The van der Waals surface area contributed by atoms with Crippen molar-refractivity contribution in [2.45, 2.75) is 39.0 Å². The Morgan fingerprint density at radius 2 is 1.68 bits per heavy atom. The zero-order valence-electron chi connectivity index (χ0n) is 21.0. The summed E-state index contributed by atoms with van der Waals surface area (Å²) in [4.78, 5) is 6.65. The van der Waals surface area contributed by atoms with E-state index in [0.29, 0.717) is 30.7 Å². The monoisotopic (exact) mass is 496 g/mol. The van der Waals surface area contributed by atoms with Crippen LogP contribution in [-0.4, -0.2) is 49.5 Å². The van der Waals surface area contributed by atoms with Crippen molar-refractivity contribution < 1.29 is 14.7 Å². The van der Waals surface area contributed by atoms with Crippen molar-refractivity contribution in [3.8, 4) is 23.2 Å². The van der Waals surface area contributed by atoms with Crippen molar-refractivity contribution in [3.63, 3.8) is 0 Å². The van der Waals surface area contributed by atoms with E-state index in [4.69, 9.17) is 4.52 Å². The van der Waals surface area contributed by atoms with E-state index in [-0.39, 0.29) is 0 Å². The van der Waals surface area contributed by atoms with Crippen molar-refractivity contribution >= 4 is 0 Å². The minimum absolute atomic E-state index is 0.310. The second kappa shape index (κ2) is 11.6. The van der Waals surface area contributed by atoms with E-state index in [2.05, 4.69) is 51.1 Å². The predicted octanol–water partition coefficient (Wildman–Crippen LogP) is 4.24. The zero-order valence-corrected chi connectivity index (χ0v) is 21.0. The molecule has 0 spiro atoms. The van der Waals surface area contributed by atoms with Gasteiger partial charge in [-0.25, -0.2) is 4.98 Å². The van der Waals surface area contributed by atoms with Gasteiger partial charge in [0.2, 0.25) is 0 Å². The smallest absolute Gasteiger partial charge is 0.167 e. The maximum atomic E-state index is 9.84. The Morgan fingerprint density at radius 3 is 2.32 bits per heavy atom. The van der Waals surface area contributed by atoms with Gasteiger partial charge in [-0.2, -0.15) is 0 Å². The molecular formula is C30H32N4O3. The van der Waals surface area contributed by atoms with Crippen molar-refractivity contribution in [2.24, 2.45) is 5.92 Å². The van der Waals surface area contributed by atoms with Crippen LogP contribution in [0, 0.1) is 17.8 Å². The molecule has 0 saturated carbocycles. The molecule has 7 heteroatoms. The number of nitrogens with zero attached hydrogens (tertiary/aromatic N) is 4. The van der Waals surface area contributed by atoms with E-state index in [1.165, 1.54) is 5.56 Å². The van der Waals surface area contributed by atoms with Crippen molar-refractivity contribution in [2.75, 3.05) is 19.7 Å². The van der Waals surface area contributed by atoms with E-state index >= 15 is 0 Å². The summed E-state index contributed by atoms with van der Waals surface area (Å²) in [5, 5.41) is 23.3. The van der Waals surface area contributed by atoms with Gasteiger partial charge in [0.15, 0.2) is 5.76 Å². The number of hydrogen-bond acceptors (Lipinski definition) is 6. The standard InChI is InChI=1S/C30H32N4O3/c1-22(36)30-31-14-17-34(30)20-28-18-29(37-32-28)27-10-8-24(9-11-27)3-2-23-4-6-25(7-5-23)19-33-15-12-26(21-35)13-16-33/h4-11,14,17-18,22,26,35-36H,12-13,15-16,19-21H2,1H3/t22-/m0/s1. The van der Waals surface area contributed by atoms with Crippen LogP contribution in [0.5, 0.6) is 0 Å². The number of benzene rings is 2. The Morgan fingerprint density at radius 1 is 1.00 bits per heavy atom. The Balaban J connectivity index is 1.17. The van der Waals surface area contributed by atoms with Crippen LogP contribution in [0.2, 0.25) is 0 Å². The van der Waals surface area contributed by atoms with Crippen LogP contribution in [0.3, 0.4) is 0 Å². The van der Waals surface area contributed by atoms with Crippen LogP contribution in [0.4, 0.5) is 0 Å². The third-order valence-corrected chi connectivity index (χ3v) is 6.86. The normalized spacial score (nSPS) is 15.3. The van der Waals surface area contributed by atoms with Crippen LogP contribution >= 0.6 is 0 Å². The first-order valence-corrected chi connectivity index (χ1v) is 12.8. The van der Waals surface area contributed by atoms with Gasteiger partial charge >= 0.3 is 0 Å². The molecule has 2 aromatic carbocycles. The van der Waals surface area contributed by atoms with Crippen molar-refractivity contribution in [1.82, 2.24) is 19.6 Å². The fourth-order valence-corrected chi connectivity index (χ4v) is 4.66.